The van der Waals surface area contributed by atoms with Crippen molar-refractivity contribution >= 4 is 11.0 Å². The van der Waals surface area contributed by atoms with Crippen molar-refractivity contribution in [2.24, 2.45) is 0 Å². The molecule has 1 aromatic heterocycles. The van der Waals surface area contributed by atoms with Gasteiger partial charge in [-0.1, -0.05) is 6.07 Å². The van der Waals surface area contributed by atoms with E-state index in [9.17, 15) is 8.78 Å². The van der Waals surface area contributed by atoms with Crippen molar-refractivity contribution in [2.75, 3.05) is 32.7 Å². The van der Waals surface area contributed by atoms with Crippen LogP contribution in [0.5, 0.6) is 0 Å². The zero-order valence-electron chi connectivity index (χ0n) is 14.9. The number of benzene rings is 1. The van der Waals surface area contributed by atoms with Crippen LogP contribution in [0.4, 0.5) is 8.78 Å². The average Bonchev–Trinajstić information content (AvgIpc) is 2.72. The molecule has 4 rings (SSSR count). The summed E-state index contributed by atoms with van der Waals surface area (Å²) in [6, 6.07) is 5.86. The number of dihydropyridines is 1. The topological polar surface area (TPSA) is 65.1 Å². The largest absolute Gasteiger partial charge is 0.385 e. The highest BCUT2D eigenvalue weighted by atomic mass is 19.3. The molecule has 0 aliphatic carbocycles. The lowest BCUT2D eigenvalue weighted by Crippen LogP contribution is -2.46. The number of aromatic nitrogens is 2. The van der Waals surface area contributed by atoms with Gasteiger partial charge in [-0.05, 0) is 17.7 Å². The van der Waals surface area contributed by atoms with E-state index < -0.39 is 6.43 Å². The first-order chi connectivity index (χ1) is 13.2. The van der Waals surface area contributed by atoms with Gasteiger partial charge >= 0.3 is 0 Å². The maximum absolute atomic E-state index is 13.6. The van der Waals surface area contributed by atoms with Gasteiger partial charge in [-0.2, -0.15) is 0 Å². The highest BCUT2D eigenvalue weighted by Crippen LogP contribution is 2.25. The zero-order chi connectivity index (χ0) is 18.6. The third kappa shape index (κ3) is 3.85. The summed E-state index contributed by atoms with van der Waals surface area (Å²) in [5.74, 6) is 0. The van der Waals surface area contributed by atoms with Crippen LogP contribution in [-0.4, -0.2) is 54.0 Å². The van der Waals surface area contributed by atoms with Crippen LogP contribution in [-0.2, 0) is 6.54 Å². The summed E-state index contributed by atoms with van der Waals surface area (Å²) in [4.78, 5) is 10.6. The molecular weight excluding hydrogens is 350 g/mol. The van der Waals surface area contributed by atoms with E-state index in [1.807, 2.05) is 23.1 Å². The SMILES string of the molecule is FC(F)C1=C(N2CCNCC2)C(NCc2ccc3nccnc3c2)=CNC1. The third-order valence-corrected chi connectivity index (χ3v) is 4.81. The Labute approximate surface area is 156 Å². The zero-order valence-corrected chi connectivity index (χ0v) is 14.9. The molecular formula is C19H22F2N6. The van der Waals surface area contributed by atoms with E-state index in [4.69, 9.17) is 0 Å². The number of nitrogens with one attached hydrogen (secondary N) is 3. The Morgan fingerprint density at radius 1 is 1.11 bits per heavy atom. The lowest BCUT2D eigenvalue weighted by atomic mass is 10.1. The number of hydrogen-bond acceptors (Lipinski definition) is 6. The highest BCUT2D eigenvalue weighted by Gasteiger charge is 2.27. The van der Waals surface area contributed by atoms with Crippen LogP contribution >= 0.6 is 0 Å². The summed E-state index contributed by atoms with van der Waals surface area (Å²) in [6.45, 7) is 3.72. The fourth-order valence-electron chi connectivity index (χ4n) is 3.48. The van der Waals surface area contributed by atoms with Crippen LogP contribution in [0.3, 0.4) is 0 Å². The number of alkyl halides is 2. The van der Waals surface area contributed by atoms with Gasteiger partial charge in [0.15, 0.2) is 0 Å². The van der Waals surface area contributed by atoms with Crippen LogP contribution in [0, 0.1) is 0 Å². The van der Waals surface area contributed by atoms with Crippen LogP contribution in [0.2, 0.25) is 0 Å². The van der Waals surface area contributed by atoms with Crippen LogP contribution in [0.15, 0.2) is 53.8 Å². The predicted octanol–water partition coefficient (Wildman–Crippen LogP) is 1.59. The number of hydrogen-bond donors (Lipinski definition) is 3. The van der Waals surface area contributed by atoms with Crippen LogP contribution < -0.4 is 16.0 Å². The average molecular weight is 372 g/mol. The Morgan fingerprint density at radius 2 is 1.89 bits per heavy atom. The van der Waals surface area contributed by atoms with Gasteiger partial charge in [-0.3, -0.25) is 9.97 Å². The standard InChI is InChI=1S/C19H22F2N6/c20-19(21)14-11-23-12-17(18(14)27-7-5-22-6-8-27)26-10-13-1-2-15-16(9-13)25-4-3-24-15/h1-4,9,12,19,22-23,26H,5-8,10-11H2. The van der Waals surface area contributed by atoms with Gasteiger partial charge in [0.25, 0.3) is 6.43 Å². The van der Waals surface area contributed by atoms with Crippen molar-refractivity contribution in [3.63, 3.8) is 0 Å². The Kier molecular flexibility index (Phi) is 5.15. The summed E-state index contributed by atoms with van der Waals surface area (Å²) < 4.78 is 27.3. The summed E-state index contributed by atoms with van der Waals surface area (Å²) in [6.07, 6.45) is 2.64. The third-order valence-electron chi connectivity index (χ3n) is 4.81. The summed E-state index contributed by atoms with van der Waals surface area (Å²) >= 11 is 0. The molecule has 0 bridgehead atoms. The summed E-state index contributed by atoms with van der Waals surface area (Å²) in [5, 5.41) is 9.57. The first kappa shape index (κ1) is 17.7. The number of piperazine rings is 1. The quantitative estimate of drug-likeness (QED) is 0.741. The molecule has 0 atom stereocenters. The number of halogens is 2. The van der Waals surface area contributed by atoms with Crippen molar-refractivity contribution in [2.45, 2.75) is 13.0 Å². The molecule has 0 saturated carbocycles. The van der Waals surface area contributed by atoms with Gasteiger partial charge < -0.3 is 20.9 Å². The molecule has 27 heavy (non-hydrogen) atoms. The van der Waals surface area contributed by atoms with Gasteiger partial charge in [0.1, 0.15) is 0 Å². The van der Waals surface area contributed by atoms with Crippen molar-refractivity contribution in [1.82, 2.24) is 30.8 Å². The van der Waals surface area contributed by atoms with E-state index in [-0.39, 0.29) is 12.1 Å². The fraction of sp³-hybridized carbons (Fsp3) is 0.368. The summed E-state index contributed by atoms with van der Waals surface area (Å²) in [5.41, 5.74) is 4.16. The second-order valence-electron chi connectivity index (χ2n) is 6.58. The maximum atomic E-state index is 13.6. The predicted molar refractivity (Wildman–Crippen MR) is 99.9 cm³/mol. The molecule has 3 N–H and O–H groups in total. The van der Waals surface area contributed by atoms with E-state index in [2.05, 4.69) is 25.9 Å². The highest BCUT2D eigenvalue weighted by molar-refractivity contribution is 5.74. The molecule has 1 aromatic carbocycles. The molecule has 3 heterocycles. The molecule has 0 unspecified atom stereocenters. The van der Waals surface area contributed by atoms with Crippen molar-refractivity contribution in [1.29, 1.82) is 0 Å². The Hall–Kier alpha value is -2.74. The van der Waals surface area contributed by atoms with Crippen molar-refractivity contribution in [3.8, 4) is 0 Å². The Morgan fingerprint density at radius 3 is 2.67 bits per heavy atom. The Bertz CT molecular complexity index is 873. The summed E-state index contributed by atoms with van der Waals surface area (Å²) in [7, 11) is 0. The van der Waals surface area contributed by atoms with Crippen LogP contribution in [0.1, 0.15) is 5.56 Å². The lowest BCUT2D eigenvalue weighted by Gasteiger charge is -2.36. The van der Waals surface area contributed by atoms with E-state index >= 15 is 0 Å². The fourth-order valence-corrected chi connectivity index (χ4v) is 3.48. The van der Waals surface area contributed by atoms with E-state index in [1.165, 1.54) is 0 Å². The first-order valence-electron chi connectivity index (χ1n) is 9.06. The molecule has 6 nitrogen and oxygen atoms in total. The minimum atomic E-state index is -2.48. The smallest absolute Gasteiger partial charge is 0.263 e. The molecule has 1 fully saturated rings. The van der Waals surface area contributed by atoms with Gasteiger partial charge in [-0.25, -0.2) is 8.78 Å². The second-order valence-corrected chi connectivity index (χ2v) is 6.58. The van der Waals surface area contributed by atoms with Crippen molar-refractivity contribution in [3.05, 3.63) is 59.3 Å². The van der Waals surface area contributed by atoms with Gasteiger partial charge in [0.05, 0.1) is 22.4 Å². The number of rotatable bonds is 5. The number of nitrogens with zero attached hydrogens (tertiary/aromatic N) is 3. The second kappa shape index (κ2) is 7.87. The lowest BCUT2D eigenvalue weighted by molar-refractivity contribution is 0.177. The molecule has 0 amide bonds. The minimum Gasteiger partial charge on any atom is -0.385 e. The minimum absolute atomic E-state index is 0.145. The Balaban J connectivity index is 1.55. The molecule has 1 saturated heterocycles. The van der Waals surface area contributed by atoms with Crippen LogP contribution in [0.25, 0.3) is 11.0 Å². The molecule has 8 heteroatoms. The first-order valence-corrected chi connectivity index (χ1v) is 9.06. The monoisotopic (exact) mass is 372 g/mol. The molecule has 0 radical (unpaired) electrons. The van der Waals surface area contributed by atoms with E-state index in [0.29, 0.717) is 17.9 Å². The molecule has 2 aromatic rings. The van der Waals surface area contributed by atoms with E-state index in [0.717, 1.165) is 42.8 Å². The van der Waals surface area contributed by atoms with Gasteiger partial charge in [-0.15, -0.1) is 0 Å². The van der Waals surface area contributed by atoms with Gasteiger partial charge in [0, 0.05) is 63.4 Å². The maximum Gasteiger partial charge on any atom is 0.263 e. The molecule has 142 valence electrons. The number of fused-ring (bicyclic) bond motifs is 1. The van der Waals surface area contributed by atoms with Crippen molar-refractivity contribution < 1.29 is 8.78 Å². The molecule has 2 aliphatic heterocycles. The normalized spacial score (nSPS) is 17.9. The molecule has 2 aliphatic rings. The molecule has 0 spiro atoms. The van der Waals surface area contributed by atoms with Gasteiger partial charge in [0.2, 0.25) is 0 Å². The van der Waals surface area contributed by atoms with E-state index in [1.54, 1.807) is 18.6 Å².